The number of nitrogens with two attached hydrogens (primary N) is 1. The molecular weight excluding hydrogens is 244 g/mol. The zero-order valence-corrected chi connectivity index (χ0v) is 10.4. The second-order valence-corrected chi connectivity index (χ2v) is 4.56. The summed E-state index contributed by atoms with van der Waals surface area (Å²) in [7, 11) is 0. The van der Waals surface area contributed by atoms with Crippen LogP contribution in [0.25, 0.3) is 0 Å². The van der Waals surface area contributed by atoms with E-state index in [1.165, 1.54) is 16.6 Å². The van der Waals surface area contributed by atoms with Gasteiger partial charge in [0.15, 0.2) is 0 Å². The van der Waals surface area contributed by atoms with Crippen molar-refractivity contribution in [1.82, 2.24) is 25.1 Å². The Morgan fingerprint density at radius 3 is 3.11 bits per heavy atom. The molecule has 0 atom stereocenters. The van der Waals surface area contributed by atoms with Crippen molar-refractivity contribution in [3.63, 3.8) is 0 Å². The first-order valence-corrected chi connectivity index (χ1v) is 6.09. The zero-order valence-electron chi connectivity index (χ0n) is 10.4. The molecule has 2 N–H and O–H groups in total. The Hall–Kier alpha value is -2.44. The number of hydrogen-bond acceptors (Lipinski definition) is 5. The van der Waals surface area contributed by atoms with Gasteiger partial charge >= 0.3 is 0 Å². The molecule has 0 saturated heterocycles. The molecule has 98 valence electrons. The predicted molar refractivity (Wildman–Crippen MR) is 67.8 cm³/mol. The van der Waals surface area contributed by atoms with Crippen molar-refractivity contribution in [2.24, 2.45) is 0 Å². The van der Waals surface area contributed by atoms with E-state index in [-0.39, 0.29) is 12.5 Å². The first-order valence-electron chi connectivity index (χ1n) is 6.09. The van der Waals surface area contributed by atoms with Gasteiger partial charge in [-0.2, -0.15) is 0 Å². The first-order chi connectivity index (χ1) is 9.24. The van der Waals surface area contributed by atoms with Crippen LogP contribution >= 0.6 is 0 Å². The molecule has 0 radical (unpaired) electrons. The molecule has 1 aliphatic heterocycles. The van der Waals surface area contributed by atoms with E-state index >= 15 is 0 Å². The maximum Gasteiger partial charge on any atom is 0.244 e. The molecule has 7 nitrogen and oxygen atoms in total. The third-order valence-corrected chi connectivity index (χ3v) is 3.35. The summed E-state index contributed by atoms with van der Waals surface area (Å²) in [4.78, 5) is 13.9. The fraction of sp³-hybridized carbons (Fsp3) is 0.333. The lowest BCUT2D eigenvalue weighted by atomic mass is 9.98. The maximum absolute atomic E-state index is 12.2. The predicted octanol–water partition coefficient (Wildman–Crippen LogP) is -0.160. The smallest absolute Gasteiger partial charge is 0.244 e. The van der Waals surface area contributed by atoms with Crippen LogP contribution in [0.1, 0.15) is 11.1 Å². The van der Waals surface area contributed by atoms with Crippen LogP contribution in [0, 0.1) is 0 Å². The van der Waals surface area contributed by atoms with Crippen molar-refractivity contribution in [3.05, 3.63) is 35.7 Å². The van der Waals surface area contributed by atoms with E-state index in [0.29, 0.717) is 13.1 Å². The maximum atomic E-state index is 12.2. The molecule has 1 amide bonds. The number of nitrogen functional groups attached to an aromatic ring is 1. The van der Waals surface area contributed by atoms with Crippen molar-refractivity contribution in [1.29, 1.82) is 0 Å². The number of hydrogen-bond donors (Lipinski definition) is 1. The van der Waals surface area contributed by atoms with Gasteiger partial charge in [-0.25, -0.2) is 4.68 Å². The monoisotopic (exact) mass is 258 g/mol. The van der Waals surface area contributed by atoms with E-state index in [9.17, 15) is 4.79 Å². The van der Waals surface area contributed by atoms with Crippen molar-refractivity contribution >= 4 is 11.6 Å². The van der Waals surface area contributed by atoms with Gasteiger partial charge in [0.2, 0.25) is 5.91 Å². The molecule has 0 bridgehead atoms. The van der Waals surface area contributed by atoms with Crippen LogP contribution in [0.15, 0.2) is 24.5 Å². The van der Waals surface area contributed by atoms with Crippen LogP contribution in [-0.2, 0) is 24.3 Å². The van der Waals surface area contributed by atoms with E-state index in [0.717, 1.165) is 17.7 Å². The number of nitrogens with zero attached hydrogens (tertiary/aromatic N) is 5. The van der Waals surface area contributed by atoms with Crippen molar-refractivity contribution < 1.29 is 4.79 Å². The minimum Gasteiger partial charge on any atom is -0.398 e. The summed E-state index contributed by atoms with van der Waals surface area (Å²) in [5, 5.41) is 10.7. The van der Waals surface area contributed by atoms with E-state index in [4.69, 9.17) is 5.73 Å². The normalized spacial score (nSPS) is 14.2. The van der Waals surface area contributed by atoms with Gasteiger partial charge in [-0.3, -0.25) is 4.79 Å². The van der Waals surface area contributed by atoms with Crippen molar-refractivity contribution in [3.8, 4) is 0 Å². The number of carbonyl (C=O) groups is 1. The average molecular weight is 258 g/mol. The summed E-state index contributed by atoms with van der Waals surface area (Å²) in [5.74, 6) is 0.00111. The first kappa shape index (κ1) is 11.6. The zero-order chi connectivity index (χ0) is 13.2. The highest BCUT2D eigenvalue weighted by Gasteiger charge is 2.22. The highest BCUT2D eigenvalue weighted by atomic mass is 16.2. The van der Waals surface area contributed by atoms with Crippen LogP contribution in [0.2, 0.25) is 0 Å². The Bertz CT molecular complexity index is 594. The summed E-state index contributed by atoms with van der Waals surface area (Å²) < 4.78 is 1.42. The van der Waals surface area contributed by atoms with E-state index in [1.807, 2.05) is 12.1 Å². The Balaban J connectivity index is 1.75. The SMILES string of the molecule is Nc1cccc2c1CN(C(=O)Cn1cnnn1)CC2. The Labute approximate surface area is 110 Å². The Morgan fingerprint density at radius 2 is 2.32 bits per heavy atom. The fourth-order valence-corrected chi connectivity index (χ4v) is 2.31. The standard InChI is InChI=1S/C12H14N6O/c13-11-3-1-2-9-4-5-17(6-10(9)11)12(19)7-18-8-14-15-16-18/h1-3,8H,4-7,13H2. The molecule has 1 aromatic heterocycles. The van der Waals surface area contributed by atoms with Gasteiger partial charge in [-0.1, -0.05) is 12.1 Å². The summed E-state index contributed by atoms with van der Waals surface area (Å²) >= 11 is 0. The lowest BCUT2D eigenvalue weighted by Gasteiger charge is -2.29. The molecule has 19 heavy (non-hydrogen) atoms. The molecule has 0 unspecified atom stereocenters. The fourth-order valence-electron chi connectivity index (χ4n) is 2.31. The Kier molecular flexibility index (Phi) is 2.86. The molecular formula is C12H14N6O. The third kappa shape index (κ3) is 2.26. The van der Waals surface area contributed by atoms with Crippen molar-refractivity contribution in [2.75, 3.05) is 12.3 Å². The van der Waals surface area contributed by atoms with Crippen molar-refractivity contribution in [2.45, 2.75) is 19.5 Å². The highest BCUT2D eigenvalue weighted by molar-refractivity contribution is 5.76. The summed E-state index contributed by atoms with van der Waals surface area (Å²) in [6, 6.07) is 5.88. The molecule has 7 heteroatoms. The van der Waals surface area contributed by atoms with Gasteiger partial charge in [0.05, 0.1) is 0 Å². The van der Waals surface area contributed by atoms with Crippen LogP contribution in [0.3, 0.4) is 0 Å². The largest absolute Gasteiger partial charge is 0.398 e. The second kappa shape index (κ2) is 4.68. The molecule has 1 aliphatic rings. The van der Waals surface area contributed by atoms with Gasteiger partial charge in [0, 0.05) is 18.8 Å². The minimum atomic E-state index is 0.00111. The molecule has 0 saturated carbocycles. The number of aromatic nitrogens is 4. The van der Waals surface area contributed by atoms with Gasteiger partial charge < -0.3 is 10.6 Å². The molecule has 3 rings (SSSR count). The second-order valence-electron chi connectivity index (χ2n) is 4.56. The van der Waals surface area contributed by atoms with Crippen LogP contribution in [0.5, 0.6) is 0 Å². The van der Waals surface area contributed by atoms with Crippen LogP contribution < -0.4 is 5.73 Å². The van der Waals surface area contributed by atoms with Gasteiger partial charge in [0.1, 0.15) is 12.9 Å². The number of tetrazole rings is 1. The lowest BCUT2D eigenvalue weighted by molar-refractivity contribution is -0.133. The number of carbonyl (C=O) groups excluding carboxylic acids is 1. The average Bonchev–Trinajstić information content (AvgIpc) is 2.92. The van der Waals surface area contributed by atoms with E-state index in [1.54, 1.807) is 4.90 Å². The molecule has 2 heterocycles. The number of anilines is 1. The molecule has 0 aliphatic carbocycles. The van der Waals surface area contributed by atoms with Gasteiger partial charge in [-0.05, 0) is 34.0 Å². The van der Waals surface area contributed by atoms with Crippen LogP contribution in [-0.4, -0.2) is 37.6 Å². The summed E-state index contributed by atoms with van der Waals surface area (Å²) in [6.07, 6.45) is 2.27. The molecule has 2 aromatic rings. The lowest BCUT2D eigenvalue weighted by Crippen LogP contribution is -2.38. The van der Waals surface area contributed by atoms with Crippen LogP contribution in [0.4, 0.5) is 5.69 Å². The highest BCUT2D eigenvalue weighted by Crippen LogP contribution is 2.24. The quantitative estimate of drug-likeness (QED) is 0.756. The van der Waals surface area contributed by atoms with Gasteiger partial charge in [-0.15, -0.1) is 5.10 Å². The summed E-state index contributed by atoms with van der Waals surface area (Å²) in [5.41, 5.74) is 8.99. The molecule has 0 spiro atoms. The summed E-state index contributed by atoms with van der Waals surface area (Å²) in [6.45, 7) is 1.43. The topological polar surface area (TPSA) is 89.9 Å². The molecule has 0 fully saturated rings. The number of fused-ring (bicyclic) bond motifs is 1. The molecule has 1 aromatic carbocycles. The number of amides is 1. The van der Waals surface area contributed by atoms with E-state index in [2.05, 4.69) is 21.6 Å². The minimum absolute atomic E-state index is 0.00111. The number of benzene rings is 1. The van der Waals surface area contributed by atoms with E-state index < -0.39 is 0 Å². The van der Waals surface area contributed by atoms with Gasteiger partial charge in [0.25, 0.3) is 0 Å². The third-order valence-electron chi connectivity index (χ3n) is 3.35. The Morgan fingerprint density at radius 1 is 1.42 bits per heavy atom. The number of rotatable bonds is 2.